The third-order valence-electron chi connectivity index (χ3n) is 5.12. The molecule has 2 aromatic rings. The second kappa shape index (κ2) is 10.2. The van der Waals surface area contributed by atoms with Crippen LogP contribution in [0, 0.1) is 0 Å². The quantitative estimate of drug-likeness (QED) is 0.505. The number of esters is 1. The van der Waals surface area contributed by atoms with Gasteiger partial charge in [0.1, 0.15) is 0 Å². The third kappa shape index (κ3) is 5.30. The lowest BCUT2D eigenvalue weighted by Crippen LogP contribution is -2.47. The minimum Gasteiger partial charge on any atom is -0.463 e. The molecule has 7 heteroatoms. The molecule has 1 atom stereocenters. The topological polar surface area (TPSA) is 70.7 Å². The Balaban J connectivity index is 1.87. The lowest BCUT2D eigenvalue weighted by Gasteiger charge is -2.37. The maximum Gasteiger partial charge on any atom is 0.338 e. The van der Waals surface area contributed by atoms with E-state index in [-0.39, 0.29) is 24.9 Å². The predicted molar refractivity (Wildman–Crippen MR) is 125 cm³/mol. The zero-order valence-corrected chi connectivity index (χ0v) is 18.8. The number of allylic oxidation sites excluding steroid dienone is 1. The largest absolute Gasteiger partial charge is 0.463 e. The first-order valence-electron chi connectivity index (χ1n) is 10.3. The van der Waals surface area contributed by atoms with Gasteiger partial charge in [0, 0.05) is 17.9 Å². The first kappa shape index (κ1) is 22.5. The zero-order chi connectivity index (χ0) is 22.4. The second-order valence-electron chi connectivity index (χ2n) is 7.18. The monoisotopic (exact) mass is 437 g/mol. The lowest BCUT2D eigenvalue weighted by atomic mass is 9.94. The van der Waals surface area contributed by atoms with Crippen molar-refractivity contribution in [2.75, 3.05) is 18.5 Å². The highest BCUT2D eigenvalue weighted by Gasteiger charge is 2.34. The van der Waals surface area contributed by atoms with Gasteiger partial charge in [0.15, 0.2) is 5.11 Å². The van der Waals surface area contributed by atoms with Gasteiger partial charge >= 0.3 is 5.97 Å². The fourth-order valence-corrected chi connectivity index (χ4v) is 4.05. The number of carbonyl (C=O) groups excluding carboxylic acids is 2. The molecule has 0 saturated heterocycles. The first-order valence-corrected chi connectivity index (χ1v) is 10.7. The van der Waals surface area contributed by atoms with Crippen molar-refractivity contribution in [1.29, 1.82) is 0 Å². The molecule has 2 N–H and O–H groups in total. The van der Waals surface area contributed by atoms with Crippen LogP contribution in [0.15, 0.2) is 65.9 Å². The van der Waals surface area contributed by atoms with Crippen molar-refractivity contribution in [3.8, 4) is 0 Å². The Kier molecular flexibility index (Phi) is 7.41. The second-order valence-corrected chi connectivity index (χ2v) is 7.57. The molecule has 1 amide bonds. The van der Waals surface area contributed by atoms with E-state index in [2.05, 4.69) is 10.6 Å². The van der Waals surface area contributed by atoms with Gasteiger partial charge in [-0.3, -0.25) is 4.79 Å². The van der Waals surface area contributed by atoms with Crippen LogP contribution in [0.4, 0.5) is 5.69 Å². The van der Waals surface area contributed by atoms with Gasteiger partial charge in [0.2, 0.25) is 5.91 Å². The molecule has 31 heavy (non-hydrogen) atoms. The summed E-state index contributed by atoms with van der Waals surface area (Å²) in [6, 6.07) is 16.6. The number of hydrogen-bond donors (Lipinski definition) is 2. The van der Waals surface area contributed by atoms with Gasteiger partial charge in [-0.25, -0.2) is 4.79 Å². The number of benzene rings is 2. The Labute approximate surface area is 188 Å². The number of rotatable bonds is 7. The first-order chi connectivity index (χ1) is 14.9. The molecule has 0 bridgehead atoms. The third-order valence-corrected chi connectivity index (χ3v) is 5.46. The van der Waals surface area contributed by atoms with E-state index < -0.39 is 6.04 Å². The normalized spacial score (nSPS) is 16.0. The van der Waals surface area contributed by atoms with Crippen molar-refractivity contribution in [1.82, 2.24) is 10.2 Å². The predicted octanol–water partition coefficient (Wildman–Crippen LogP) is 3.96. The van der Waals surface area contributed by atoms with Crippen molar-refractivity contribution < 1.29 is 14.3 Å². The van der Waals surface area contributed by atoms with Gasteiger partial charge in [-0.1, -0.05) is 42.5 Å². The van der Waals surface area contributed by atoms with Gasteiger partial charge in [-0.2, -0.15) is 0 Å². The molecule has 1 heterocycles. The molecule has 0 fully saturated rings. The zero-order valence-electron chi connectivity index (χ0n) is 18.0. The van der Waals surface area contributed by atoms with Crippen LogP contribution in [0.25, 0.3) is 0 Å². The van der Waals surface area contributed by atoms with Gasteiger partial charge in [0.25, 0.3) is 0 Å². The molecule has 0 radical (unpaired) electrons. The van der Waals surface area contributed by atoms with Crippen LogP contribution in [-0.2, 0) is 20.7 Å². The summed E-state index contributed by atoms with van der Waals surface area (Å²) in [4.78, 5) is 27.1. The summed E-state index contributed by atoms with van der Waals surface area (Å²) < 4.78 is 5.32. The van der Waals surface area contributed by atoms with E-state index in [0.29, 0.717) is 22.9 Å². The number of hydrogen-bond acceptors (Lipinski definition) is 4. The Bertz CT molecular complexity index is 1000. The van der Waals surface area contributed by atoms with Crippen LogP contribution in [0.2, 0.25) is 0 Å². The maximum atomic E-state index is 12.8. The lowest BCUT2D eigenvalue weighted by molar-refractivity contribution is -0.139. The SMILES string of the molecule is CCOC(=O)C1=C(C)N(CC)C(=S)NC1c1cccc(NC(=O)Cc2ccccc2)c1. The summed E-state index contributed by atoms with van der Waals surface area (Å²) in [6.07, 6.45) is 0.287. The highest BCUT2D eigenvalue weighted by molar-refractivity contribution is 7.80. The van der Waals surface area contributed by atoms with Gasteiger partial charge in [-0.15, -0.1) is 0 Å². The van der Waals surface area contributed by atoms with Crippen molar-refractivity contribution >= 4 is 34.9 Å². The minimum atomic E-state index is -0.458. The maximum absolute atomic E-state index is 12.8. The smallest absolute Gasteiger partial charge is 0.338 e. The minimum absolute atomic E-state index is 0.107. The molecule has 0 aliphatic carbocycles. The average Bonchev–Trinajstić information content (AvgIpc) is 2.74. The van der Waals surface area contributed by atoms with Crippen molar-refractivity contribution in [3.63, 3.8) is 0 Å². The Morgan fingerprint density at radius 2 is 1.87 bits per heavy atom. The molecule has 0 saturated carbocycles. The number of amides is 1. The summed E-state index contributed by atoms with van der Waals surface area (Å²) in [7, 11) is 0. The van der Waals surface area contributed by atoms with E-state index in [9.17, 15) is 9.59 Å². The van der Waals surface area contributed by atoms with Gasteiger partial charge < -0.3 is 20.3 Å². The Hall–Kier alpha value is -3.19. The molecule has 3 rings (SSSR count). The van der Waals surface area contributed by atoms with E-state index in [1.54, 1.807) is 6.92 Å². The molecule has 1 aliphatic rings. The fourth-order valence-electron chi connectivity index (χ4n) is 3.67. The van der Waals surface area contributed by atoms with Gasteiger partial charge in [-0.05, 0) is 56.2 Å². The summed E-state index contributed by atoms with van der Waals surface area (Å²) in [5.41, 5.74) is 3.71. The van der Waals surface area contributed by atoms with E-state index >= 15 is 0 Å². The van der Waals surface area contributed by atoms with Crippen LogP contribution in [0.5, 0.6) is 0 Å². The van der Waals surface area contributed by atoms with Crippen LogP contribution in [0.3, 0.4) is 0 Å². The number of nitrogens with one attached hydrogen (secondary N) is 2. The molecule has 162 valence electrons. The highest BCUT2D eigenvalue weighted by Crippen LogP contribution is 2.32. The molecular formula is C24H27N3O3S. The molecule has 1 unspecified atom stereocenters. The number of thiocarbonyl (C=S) groups is 1. The highest BCUT2D eigenvalue weighted by atomic mass is 32.1. The van der Waals surface area contributed by atoms with E-state index in [4.69, 9.17) is 17.0 Å². The van der Waals surface area contributed by atoms with Crippen molar-refractivity contribution in [2.45, 2.75) is 33.2 Å². The van der Waals surface area contributed by atoms with Crippen molar-refractivity contribution in [3.05, 3.63) is 77.0 Å². The number of carbonyl (C=O) groups is 2. The van der Waals surface area contributed by atoms with Crippen LogP contribution in [0.1, 0.15) is 37.9 Å². The number of nitrogens with zero attached hydrogens (tertiary/aromatic N) is 1. The Morgan fingerprint density at radius 1 is 1.13 bits per heavy atom. The molecule has 2 aromatic carbocycles. The standard InChI is InChI=1S/C24H27N3O3S/c1-4-27-16(3)21(23(29)30-5-2)22(26-24(27)31)18-12-9-13-19(15-18)25-20(28)14-17-10-7-6-8-11-17/h6-13,15,22H,4-5,14H2,1-3H3,(H,25,28)(H,26,31). The summed E-state index contributed by atoms with van der Waals surface area (Å²) in [5, 5.41) is 6.75. The fraction of sp³-hybridized carbons (Fsp3) is 0.292. The van der Waals surface area contributed by atoms with Crippen LogP contribution >= 0.6 is 12.2 Å². The summed E-state index contributed by atoms with van der Waals surface area (Å²) in [5.74, 6) is -0.484. The van der Waals surface area contributed by atoms with Gasteiger partial charge in [0.05, 0.1) is 24.6 Å². The Morgan fingerprint density at radius 3 is 2.55 bits per heavy atom. The van der Waals surface area contributed by atoms with Crippen LogP contribution in [-0.4, -0.2) is 35.0 Å². The van der Waals surface area contributed by atoms with E-state index in [1.165, 1.54) is 0 Å². The molecule has 0 spiro atoms. The molecule has 1 aliphatic heterocycles. The molecule has 0 aromatic heterocycles. The number of ether oxygens (including phenoxy) is 1. The molecular weight excluding hydrogens is 410 g/mol. The summed E-state index contributed by atoms with van der Waals surface area (Å²) >= 11 is 5.52. The number of anilines is 1. The average molecular weight is 438 g/mol. The van der Waals surface area contributed by atoms with Crippen LogP contribution < -0.4 is 10.6 Å². The van der Waals surface area contributed by atoms with E-state index in [0.717, 1.165) is 16.8 Å². The van der Waals surface area contributed by atoms with Crippen molar-refractivity contribution in [2.24, 2.45) is 0 Å². The van der Waals surface area contributed by atoms with E-state index in [1.807, 2.05) is 73.3 Å². The summed E-state index contributed by atoms with van der Waals surface area (Å²) in [6.45, 7) is 6.56. The molecule has 6 nitrogen and oxygen atoms in total.